The molecule has 0 saturated carbocycles. The van der Waals surface area contributed by atoms with Crippen molar-refractivity contribution in [3.05, 3.63) is 17.0 Å². The molecule has 0 saturated heterocycles. The van der Waals surface area contributed by atoms with Crippen molar-refractivity contribution in [3.8, 4) is 0 Å². The molecule has 17 heavy (non-hydrogen) atoms. The molecule has 1 aromatic heterocycles. The van der Waals surface area contributed by atoms with E-state index in [-0.39, 0.29) is 12.1 Å². The lowest BCUT2D eigenvalue weighted by Gasteiger charge is -2.10. The topological polar surface area (TPSA) is 59.0 Å². The number of nitrogens with zero attached hydrogens (tertiary/aromatic N) is 2. The molecule has 0 atom stereocenters. The largest absolute Gasteiger partial charge is 0.338 e. The number of carbonyl (C=O) groups is 1. The Bertz CT molecular complexity index is 395. The van der Waals surface area contributed by atoms with Crippen molar-refractivity contribution >= 4 is 6.03 Å². The van der Waals surface area contributed by atoms with Crippen LogP contribution < -0.4 is 10.6 Å². The first-order valence-electron chi connectivity index (χ1n) is 5.95. The summed E-state index contributed by atoms with van der Waals surface area (Å²) < 4.78 is 1.87. The Morgan fingerprint density at radius 3 is 2.53 bits per heavy atom. The van der Waals surface area contributed by atoms with E-state index in [1.165, 1.54) is 5.56 Å². The molecule has 0 aliphatic rings. The maximum Gasteiger partial charge on any atom is 0.314 e. The second-order valence-electron chi connectivity index (χ2n) is 4.58. The molecule has 0 radical (unpaired) electrons. The zero-order valence-electron chi connectivity index (χ0n) is 11.3. The van der Waals surface area contributed by atoms with E-state index in [2.05, 4.69) is 15.7 Å². The summed E-state index contributed by atoms with van der Waals surface area (Å²) in [6.07, 6.45) is 0.816. The van der Waals surface area contributed by atoms with Gasteiger partial charge in [-0.2, -0.15) is 5.10 Å². The van der Waals surface area contributed by atoms with Crippen molar-refractivity contribution in [2.24, 2.45) is 7.05 Å². The Morgan fingerprint density at radius 1 is 1.41 bits per heavy atom. The molecule has 5 nitrogen and oxygen atoms in total. The summed E-state index contributed by atoms with van der Waals surface area (Å²) in [6, 6.07) is 0.0519. The van der Waals surface area contributed by atoms with Gasteiger partial charge in [-0.3, -0.25) is 4.68 Å². The Morgan fingerprint density at radius 2 is 2.06 bits per heavy atom. The molecule has 2 amide bonds. The summed E-state index contributed by atoms with van der Waals surface area (Å²) in [5, 5.41) is 9.98. The van der Waals surface area contributed by atoms with Gasteiger partial charge in [-0.05, 0) is 39.7 Å². The van der Waals surface area contributed by atoms with Crippen molar-refractivity contribution in [2.75, 3.05) is 6.54 Å². The van der Waals surface area contributed by atoms with E-state index in [0.29, 0.717) is 6.54 Å². The van der Waals surface area contributed by atoms with Gasteiger partial charge in [-0.25, -0.2) is 4.79 Å². The molecule has 0 unspecified atom stereocenters. The van der Waals surface area contributed by atoms with Gasteiger partial charge >= 0.3 is 6.03 Å². The highest BCUT2D eigenvalue weighted by Gasteiger charge is 2.09. The molecule has 0 aromatic carbocycles. The van der Waals surface area contributed by atoms with Gasteiger partial charge in [-0.1, -0.05) is 0 Å². The van der Waals surface area contributed by atoms with Crippen LogP contribution in [-0.2, 0) is 13.5 Å². The molecule has 0 aliphatic carbocycles. The molecule has 1 aromatic rings. The van der Waals surface area contributed by atoms with Crippen molar-refractivity contribution in [2.45, 2.75) is 40.2 Å². The van der Waals surface area contributed by atoms with Crippen LogP contribution in [0.5, 0.6) is 0 Å². The van der Waals surface area contributed by atoms with E-state index in [9.17, 15) is 4.79 Å². The molecule has 96 valence electrons. The lowest BCUT2D eigenvalue weighted by molar-refractivity contribution is 0.238. The molecule has 1 heterocycles. The number of aromatic nitrogens is 2. The maximum absolute atomic E-state index is 11.4. The van der Waals surface area contributed by atoms with Crippen LogP contribution in [0.4, 0.5) is 4.79 Å². The zero-order chi connectivity index (χ0) is 13.0. The molecule has 2 N–H and O–H groups in total. The van der Waals surface area contributed by atoms with Crippen molar-refractivity contribution < 1.29 is 4.79 Å². The van der Waals surface area contributed by atoms with E-state index in [0.717, 1.165) is 17.8 Å². The van der Waals surface area contributed by atoms with E-state index >= 15 is 0 Å². The maximum atomic E-state index is 11.4. The average Bonchev–Trinajstić information content (AvgIpc) is 2.43. The van der Waals surface area contributed by atoms with Crippen LogP contribution in [0.3, 0.4) is 0 Å². The predicted molar refractivity (Wildman–Crippen MR) is 68.1 cm³/mol. The number of hydrogen-bond acceptors (Lipinski definition) is 2. The normalized spacial score (nSPS) is 10.7. The number of rotatable bonds is 4. The zero-order valence-corrected chi connectivity index (χ0v) is 11.3. The molecule has 1 rings (SSSR count). The first-order valence-corrected chi connectivity index (χ1v) is 5.95. The first kappa shape index (κ1) is 13.5. The van der Waals surface area contributed by atoms with Gasteiger partial charge in [-0.15, -0.1) is 0 Å². The standard InChI is InChI=1S/C12H22N4O/c1-8(2)14-12(17)13-7-6-11-9(3)15-16(5)10(11)4/h8H,6-7H2,1-5H3,(H2,13,14,17). The fourth-order valence-electron chi connectivity index (χ4n) is 1.79. The van der Waals surface area contributed by atoms with Gasteiger partial charge in [0, 0.05) is 25.3 Å². The van der Waals surface area contributed by atoms with Gasteiger partial charge in [0.2, 0.25) is 0 Å². The summed E-state index contributed by atoms with van der Waals surface area (Å²) >= 11 is 0. The van der Waals surface area contributed by atoms with Crippen LogP contribution in [0.1, 0.15) is 30.8 Å². The van der Waals surface area contributed by atoms with Crippen LogP contribution in [0, 0.1) is 13.8 Å². The fourth-order valence-corrected chi connectivity index (χ4v) is 1.79. The third kappa shape index (κ3) is 3.76. The smallest absolute Gasteiger partial charge is 0.314 e. The van der Waals surface area contributed by atoms with Crippen LogP contribution in [0.15, 0.2) is 0 Å². The van der Waals surface area contributed by atoms with Crippen LogP contribution in [0.2, 0.25) is 0 Å². The van der Waals surface area contributed by atoms with Gasteiger partial charge in [0.1, 0.15) is 0 Å². The van der Waals surface area contributed by atoms with Gasteiger partial charge in [0.25, 0.3) is 0 Å². The third-order valence-corrected chi connectivity index (χ3v) is 2.74. The monoisotopic (exact) mass is 238 g/mol. The van der Waals surface area contributed by atoms with Crippen LogP contribution in [0.25, 0.3) is 0 Å². The van der Waals surface area contributed by atoms with Crippen LogP contribution in [-0.4, -0.2) is 28.4 Å². The number of urea groups is 1. The number of amides is 2. The van der Waals surface area contributed by atoms with Crippen molar-refractivity contribution in [1.82, 2.24) is 20.4 Å². The highest BCUT2D eigenvalue weighted by molar-refractivity contribution is 5.74. The predicted octanol–water partition coefficient (Wildman–Crippen LogP) is 1.29. The number of hydrogen-bond donors (Lipinski definition) is 2. The molecule has 0 spiro atoms. The summed E-state index contributed by atoms with van der Waals surface area (Å²) in [5.74, 6) is 0. The summed E-state index contributed by atoms with van der Waals surface area (Å²) in [6.45, 7) is 8.55. The lowest BCUT2D eigenvalue weighted by atomic mass is 10.1. The molecule has 0 fully saturated rings. The fraction of sp³-hybridized carbons (Fsp3) is 0.667. The minimum absolute atomic E-state index is 0.112. The van der Waals surface area contributed by atoms with E-state index < -0.39 is 0 Å². The number of aryl methyl sites for hydroxylation is 2. The summed E-state index contributed by atoms with van der Waals surface area (Å²) in [7, 11) is 1.94. The van der Waals surface area contributed by atoms with Gasteiger partial charge in [0.15, 0.2) is 0 Å². The Kier molecular flexibility index (Phi) is 4.54. The second-order valence-corrected chi connectivity index (χ2v) is 4.58. The highest BCUT2D eigenvalue weighted by Crippen LogP contribution is 2.11. The minimum atomic E-state index is -0.112. The molecular formula is C12H22N4O. The Labute approximate surface area is 103 Å². The molecule has 0 aliphatic heterocycles. The number of nitrogens with one attached hydrogen (secondary N) is 2. The van der Waals surface area contributed by atoms with Gasteiger partial charge in [0.05, 0.1) is 5.69 Å². The first-order chi connectivity index (χ1) is 7.91. The summed E-state index contributed by atoms with van der Waals surface area (Å²) in [5.41, 5.74) is 3.42. The number of carbonyl (C=O) groups excluding carboxylic acids is 1. The lowest BCUT2D eigenvalue weighted by Crippen LogP contribution is -2.40. The molecule has 0 bridgehead atoms. The molecular weight excluding hydrogens is 216 g/mol. The van der Waals surface area contributed by atoms with E-state index in [1.54, 1.807) is 0 Å². The van der Waals surface area contributed by atoms with Gasteiger partial charge < -0.3 is 10.6 Å². The van der Waals surface area contributed by atoms with E-state index in [4.69, 9.17) is 0 Å². The van der Waals surface area contributed by atoms with Crippen LogP contribution >= 0.6 is 0 Å². The highest BCUT2D eigenvalue weighted by atomic mass is 16.2. The minimum Gasteiger partial charge on any atom is -0.338 e. The Hall–Kier alpha value is -1.52. The van der Waals surface area contributed by atoms with Crippen molar-refractivity contribution in [3.63, 3.8) is 0 Å². The average molecular weight is 238 g/mol. The summed E-state index contributed by atoms with van der Waals surface area (Å²) in [4.78, 5) is 11.4. The quantitative estimate of drug-likeness (QED) is 0.830. The second kappa shape index (κ2) is 5.70. The SMILES string of the molecule is Cc1nn(C)c(C)c1CCNC(=O)NC(C)C. The van der Waals surface area contributed by atoms with Crippen molar-refractivity contribution in [1.29, 1.82) is 0 Å². The Balaban J connectivity index is 2.43. The third-order valence-electron chi connectivity index (χ3n) is 2.74. The molecule has 5 heteroatoms. The van der Waals surface area contributed by atoms with E-state index in [1.807, 2.05) is 39.4 Å².